The van der Waals surface area contributed by atoms with Crippen LogP contribution in [0.5, 0.6) is 0 Å². The average molecular weight is 412 g/mol. The summed E-state index contributed by atoms with van der Waals surface area (Å²) in [5.74, 6) is 0.464. The Morgan fingerprint density at radius 3 is 2.83 bits per heavy atom. The molecule has 0 unspecified atom stereocenters. The molecule has 9 heteroatoms. The number of aromatic nitrogens is 2. The fourth-order valence-electron chi connectivity index (χ4n) is 2.97. The van der Waals surface area contributed by atoms with Gasteiger partial charge in [0.1, 0.15) is 22.2 Å². The van der Waals surface area contributed by atoms with Gasteiger partial charge in [0.2, 0.25) is 5.91 Å². The molecule has 7 nitrogen and oxygen atoms in total. The van der Waals surface area contributed by atoms with Gasteiger partial charge in [0.05, 0.1) is 24.7 Å². The van der Waals surface area contributed by atoms with E-state index in [0.717, 1.165) is 0 Å². The van der Waals surface area contributed by atoms with Gasteiger partial charge in [-0.05, 0) is 43.4 Å². The molecule has 1 amide bonds. The summed E-state index contributed by atoms with van der Waals surface area (Å²) in [6, 6.07) is 9.10. The Hall–Kier alpha value is -3.30. The van der Waals surface area contributed by atoms with Crippen molar-refractivity contribution in [3.05, 3.63) is 70.0 Å². The van der Waals surface area contributed by atoms with E-state index in [1.54, 1.807) is 30.3 Å². The number of furan rings is 1. The molecule has 0 aliphatic heterocycles. The number of benzene rings is 1. The first-order valence-electron chi connectivity index (χ1n) is 8.78. The number of anilines is 1. The first-order valence-corrected chi connectivity index (χ1v) is 9.66. The van der Waals surface area contributed by atoms with E-state index in [4.69, 9.17) is 4.42 Å². The number of aromatic amines is 1. The molecule has 0 saturated heterocycles. The van der Waals surface area contributed by atoms with E-state index in [0.29, 0.717) is 33.1 Å². The predicted molar refractivity (Wildman–Crippen MR) is 109 cm³/mol. The van der Waals surface area contributed by atoms with E-state index in [1.165, 1.54) is 35.6 Å². The molecule has 0 spiro atoms. The van der Waals surface area contributed by atoms with Gasteiger partial charge in [-0.2, -0.15) is 0 Å². The molecule has 0 aliphatic rings. The number of carbonyl (C=O) groups is 1. The number of nitrogens with one attached hydrogen (secondary N) is 2. The quantitative estimate of drug-likeness (QED) is 0.506. The topological polar surface area (TPSA) is 91.2 Å². The summed E-state index contributed by atoms with van der Waals surface area (Å²) in [5.41, 5.74) is 0.978. The molecule has 0 fully saturated rings. The molecule has 3 aromatic heterocycles. The van der Waals surface area contributed by atoms with Crippen LogP contribution in [0, 0.1) is 5.82 Å². The molecule has 148 valence electrons. The monoisotopic (exact) mass is 412 g/mol. The first-order chi connectivity index (χ1) is 14.0. The summed E-state index contributed by atoms with van der Waals surface area (Å²) < 4.78 is 18.3. The van der Waals surface area contributed by atoms with Gasteiger partial charge in [-0.1, -0.05) is 0 Å². The molecule has 2 N–H and O–H groups in total. The van der Waals surface area contributed by atoms with Crippen LogP contribution in [-0.4, -0.2) is 34.4 Å². The molecule has 0 aliphatic carbocycles. The lowest BCUT2D eigenvalue weighted by molar-refractivity contribution is -0.117. The Kier molecular flexibility index (Phi) is 5.24. The zero-order chi connectivity index (χ0) is 20.4. The van der Waals surface area contributed by atoms with Crippen molar-refractivity contribution < 1.29 is 13.6 Å². The van der Waals surface area contributed by atoms with Crippen LogP contribution >= 0.6 is 11.3 Å². The minimum Gasteiger partial charge on any atom is -0.464 e. The fourth-order valence-corrected chi connectivity index (χ4v) is 3.92. The lowest BCUT2D eigenvalue weighted by atomic mass is 10.2. The van der Waals surface area contributed by atoms with Gasteiger partial charge in [0.15, 0.2) is 0 Å². The molecular weight excluding hydrogens is 395 g/mol. The Morgan fingerprint density at radius 1 is 1.31 bits per heavy atom. The summed E-state index contributed by atoms with van der Waals surface area (Å²) in [6.07, 6.45) is 1.56. The summed E-state index contributed by atoms with van der Waals surface area (Å²) in [5, 5.41) is 5.03. The van der Waals surface area contributed by atoms with Crippen LogP contribution in [0.3, 0.4) is 0 Å². The van der Waals surface area contributed by atoms with Crippen molar-refractivity contribution in [2.24, 2.45) is 0 Å². The third-order valence-corrected chi connectivity index (χ3v) is 5.11. The third kappa shape index (κ3) is 4.25. The van der Waals surface area contributed by atoms with E-state index in [-0.39, 0.29) is 30.4 Å². The molecule has 4 rings (SSSR count). The van der Waals surface area contributed by atoms with Crippen molar-refractivity contribution in [3.63, 3.8) is 0 Å². The number of hydrogen-bond donors (Lipinski definition) is 2. The van der Waals surface area contributed by atoms with E-state index in [9.17, 15) is 14.0 Å². The number of hydrogen-bond acceptors (Lipinski definition) is 6. The number of carbonyl (C=O) groups excluding carboxylic acids is 1. The maximum absolute atomic E-state index is 12.9. The van der Waals surface area contributed by atoms with E-state index in [1.807, 2.05) is 5.38 Å². The minimum atomic E-state index is -0.366. The van der Waals surface area contributed by atoms with Crippen LogP contribution in [0.2, 0.25) is 0 Å². The summed E-state index contributed by atoms with van der Waals surface area (Å²) in [6.45, 7) is 0.372. The number of thiophene rings is 1. The molecular formula is C20H17FN4O3S. The number of rotatable bonds is 6. The Morgan fingerprint density at radius 2 is 2.10 bits per heavy atom. The molecule has 0 bridgehead atoms. The van der Waals surface area contributed by atoms with Crippen molar-refractivity contribution >= 4 is 33.1 Å². The summed E-state index contributed by atoms with van der Waals surface area (Å²) in [7, 11) is 1.75. The zero-order valence-corrected chi connectivity index (χ0v) is 16.3. The van der Waals surface area contributed by atoms with Crippen molar-refractivity contribution in [2.45, 2.75) is 6.54 Å². The van der Waals surface area contributed by atoms with Crippen LogP contribution in [0.4, 0.5) is 10.1 Å². The highest BCUT2D eigenvalue weighted by molar-refractivity contribution is 7.17. The van der Waals surface area contributed by atoms with Gasteiger partial charge >= 0.3 is 0 Å². The first kappa shape index (κ1) is 19.0. The highest BCUT2D eigenvalue weighted by atomic mass is 32.1. The smallest absolute Gasteiger partial charge is 0.260 e. The molecule has 29 heavy (non-hydrogen) atoms. The van der Waals surface area contributed by atoms with Gasteiger partial charge in [-0.15, -0.1) is 11.3 Å². The van der Waals surface area contributed by atoms with Crippen molar-refractivity contribution in [3.8, 4) is 11.3 Å². The van der Waals surface area contributed by atoms with Crippen molar-refractivity contribution in [1.29, 1.82) is 0 Å². The summed E-state index contributed by atoms with van der Waals surface area (Å²) >= 11 is 1.36. The molecule has 3 heterocycles. The lowest BCUT2D eigenvalue weighted by Crippen LogP contribution is -2.31. The Labute approximate surface area is 168 Å². The Bertz CT molecular complexity index is 1200. The normalized spacial score (nSPS) is 11.3. The largest absolute Gasteiger partial charge is 0.464 e. The fraction of sp³-hybridized carbons (Fsp3) is 0.150. The SMILES string of the molecule is CN(CC(=O)Nc1ccc(F)cc1)Cc1nc2scc(-c3ccco3)c2c(=O)[nH]1. The van der Waals surface area contributed by atoms with Crippen LogP contribution in [0.1, 0.15) is 5.82 Å². The van der Waals surface area contributed by atoms with Crippen LogP contribution < -0.4 is 10.9 Å². The van der Waals surface area contributed by atoms with Gasteiger partial charge < -0.3 is 14.7 Å². The number of nitrogens with zero attached hydrogens (tertiary/aromatic N) is 2. The molecule has 0 saturated carbocycles. The second-order valence-corrected chi connectivity index (χ2v) is 7.40. The third-order valence-electron chi connectivity index (χ3n) is 4.24. The minimum absolute atomic E-state index is 0.0845. The highest BCUT2D eigenvalue weighted by Crippen LogP contribution is 2.30. The second-order valence-electron chi connectivity index (χ2n) is 6.55. The number of halogens is 1. The lowest BCUT2D eigenvalue weighted by Gasteiger charge is -2.15. The molecule has 1 aromatic carbocycles. The number of fused-ring (bicyclic) bond motifs is 1. The van der Waals surface area contributed by atoms with Gasteiger partial charge in [-0.25, -0.2) is 9.37 Å². The van der Waals surface area contributed by atoms with Gasteiger partial charge in [0.25, 0.3) is 5.56 Å². The number of likely N-dealkylation sites (N-methyl/N-ethyl adjacent to an activating group) is 1. The average Bonchev–Trinajstić information content (AvgIpc) is 3.32. The Balaban J connectivity index is 1.45. The van der Waals surface area contributed by atoms with E-state index in [2.05, 4.69) is 15.3 Å². The second kappa shape index (κ2) is 7.98. The maximum Gasteiger partial charge on any atom is 0.260 e. The van der Waals surface area contributed by atoms with Crippen LogP contribution in [0.25, 0.3) is 21.5 Å². The maximum atomic E-state index is 12.9. The highest BCUT2D eigenvalue weighted by Gasteiger charge is 2.16. The van der Waals surface area contributed by atoms with Gasteiger partial charge in [0, 0.05) is 16.6 Å². The zero-order valence-electron chi connectivity index (χ0n) is 15.4. The molecule has 0 atom stereocenters. The van der Waals surface area contributed by atoms with Gasteiger partial charge in [-0.3, -0.25) is 14.5 Å². The molecule has 0 radical (unpaired) electrons. The molecule has 4 aromatic rings. The van der Waals surface area contributed by atoms with E-state index >= 15 is 0 Å². The van der Waals surface area contributed by atoms with Crippen molar-refractivity contribution in [1.82, 2.24) is 14.9 Å². The van der Waals surface area contributed by atoms with E-state index < -0.39 is 0 Å². The number of amides is 1. The predicted octanol–water partition coefficient (Wildman–Crippen LogP) is 3.45. The van der Waals surface area contributed by atoms with Crippen LogP contribution in [-0.2, 0) is 11.3 Å². The number of H-pyrrole nitrogens is 1. The van der Waals surface area contributed by atoms with Crippen molar-refractivity contribution in [2.75, 3.05) is 18.9 Å². The summed E-state index contributed by atoms with van der Waals surface area (Å²) in [4.78, 5) is 34.4. The standard InChI is InChI=1S/C20H17FN4O3S/c1-25(10-17(26)22-13-6-4-12(21)5-7-13)9-16-23-19(27)18-14(11-29-20(18)24-16)15-3-2-8-28-15/h2-8,11H,9-10H2,1H3,(H,22,26)(H,23,24,27). The van der Waals surface area contributed by atoms with Crippen LogP contribution in [0.15, 0.2) is 57.3 Å².